The van der Waals surface area contributed by atoms with Crippen LogP contribution in [0.25, 0.3) is 0 Å². The Morgan fingerprint density at radius 1 is 1.20 bits per heavy atom. The summed E-state index contributed by atoms with van der Waals surface area (Å²) < 4.78 is 1.61. The van der Waals surface area contributed by atoms with Crippen LogP contribution in [-0.2, 0) is 0 Å². The third-order valence-electron chi connectivity index (χ3n) is 1.52. The summed E-state index contributed by atoms with van der Waals surface area (Å²) >= 11 is 6.17. The van der Waals surface area contributed by atoms with Crippen LogP contribution in [-0.4, -0.2) is 20.2 Å². The van der Waals surface area contributed by atoms with Gasteiger partial charge in [0, 0.05) is 11.4 Å². The van der Waals surface area contributed by atoms with Crippen molar-refractivity contribution in [2.45, 2.75) is 23.3 Å². The van der Waals surface area contributed by atoms with Crippen LogP contribution in [0.1, 0.15) is 11.4 Å². The van der Waals surface area contributed by atoms with E-state index in [1.807, 2.05) is 19.9 Å². The van der Waals surface area contributed by atoms with Gasteiger partial charge in [0.2, 0.25) is 0 Å². The predicted octanol–water partition coefficient (Wildman–Crippen LogP) is 2.86. The molecule has 0 aromatic carbocycles. The number of rotatable bonds is 2. The first-order valence-electron chi connectivity index (χ1n) is 4.12. The van der Waals surface area contributed by atoms with Gasteiger partial charge in [-0.15, -0.1) is 10.2 Å². The van der Waals surface area contributed by atoms with E-state index in [-0.39, 0.29) is 0 Å². The number of hydrogen-bond acceptors (Lipinski definition) is 6. The van der Waals surface area contributed by atoms with Gasteiger partial charge in [-0.1, -0.05) is 11.3 Å². The minimum Gasteiger partial charge on any atom is -0.228 e. The Labute approximate surface area is 104 Å². The Kier molecular flexibility index (Phi) is 3.32. The standard InChI is InChI=1S/C8H7BrN4S2/c1-4-3-5(2)11-7(10-4)15-8-13-12-6(9)14-8/h3H,1-2H3. The van der Waals surface area contributed by atoms with E-state index >= 15 is 0 Å². The van der Waals surface area contributed by atoms with Crippen molar-refractivity contribution in [2.75, 3.05) is 0 Å². The molecule has 2 heterocycles. The maximum Gasteiger partial charge on any atom is 0.195 e. The average molecular weight is 303 g/mol. The number of nitrogens with zero attached hydrogens (tertiary/aromatic N) is 4. The van der Waals surface area contributed by atoms with Crippen LogP contribution in [0.4, 0.5) is 0 Å². The molecule has 0 spiro atoms. The summed E-state index contributed by atoms with van der Waals surface area (Å²) in [5, 5.41) is 8.56. The topological polar surface area (TPSA) is 51.6 Å². The highest BCUT2D eigenvalue weighted by molar-refractivity contribution is 9.11. The smallest absolute Gasteiger partial charge is 0.195 e. The molecule has 78 valence electrons. The van der Waals surface area contributed by atoms with Gasteiger partial charge < -0.3 is 0 Å². The van der Waals surface area contributed by atoms with Crippen molar-refractivity contribution >= 4 is 39.0 Å². The minimum atomic E-state index is 0.719. The first-order valence-corrected chi connectivity index (χ1v) is 6.55. The van der Waals surface area contributed by atoms with Crippen LogP contribution in [0.2, 0.25) is 0 Å². The fraction of sp³-hybridized carbons (Fsp3) is 0.250. The van der Waals surface area contributed by atoms with Crippen LogP contribution in [0.3, 0.4) is 0 Å². The molecule has 2 aromatic rings. The van der Waals surface area contributed by atoms with Crippen LogP contribution >= 0.6 is 39.0 Å². The molecule has 0 amide bonds. The van der Waals surface area contributed by atoms with Crippen molar-refractivity contribution < 1.29 is 0 Å². The molecule has 15 heavy (non-hydrogen) atoms. The third-order valence-corrected chi connectivity index (χ3v) is 3.79. The van der Waals surface area contributed by atoms with E-state index in [9.17, 15) is 0 Å². The molecule has 0 aliphatic heterocycles. The number of aromatic nitrogens is 4. The molecule has 7 heteroatoms. The Bertz CT molecular complexity index is 465. The molecular weight excluding hydrogens is 296 g/mol. The van der Waals surface area contributed by atoms with Gasteiger partial charge in [0.05, 0.1) is 0 Å². The lowest BCUT2D eigenvalue weighted by molar-refractivity contribution is 0.897. The van der Waals surface area contributed by atoms with Crippen molar-refractivity contribution in [3.8, 4) is 0 Å². The molecule has 0 unspecified atom stereocenters. The summed E-state index contributed by atoms with van der Waals surface area (Å²) in [5.41, 5.74) is 1.93. The van der Waals surface area contributed by atoms with Crippen molar-refractivity contribution in [1.82, 2.24) is 20.2 Å². The van der Waals surface area contributed by atoms with Gasteiger partial charge in [-0.3, -0.25) is 0 Å². The maximum absolute atomic E-state index is 4.31. The van der Waals surface area contributed by atoms with Crippen molar-refractivity contribution in [3.05, 3.63) is 21.4 Å². The lowest BCUT2D eigenvalue weighted by atomic mass is 10.4. The molecule has 0 bridgehead atoms. The van der Waals surface area contributed by atoms with Gasteiger partial charge in [0.15, 0.2) is 13.4 Å². The van der Waals surface area contributed by atoms with E-state index in [0.717, 1.165) is 24.8 Å². The summed E-state index contributed by atoms with van der Waals surface area (Å²) in [7, 11) is 0. The zero-order valence-electron chi connectivity index (χ0n) is 8.06. The lowest BCUT2D eigenvalue weighted by Gasteiger charge is -1.99. The van der Waals surface area contributed by atoms with Crippen molar-refractivity contribution in [1.29, 1.82) is 0 Å². The predicted molar refractivity (Wildman–Crippen MR) is 63.2 cm³/mol. The molecule has 0 aliphatic carbocycles. The summed E-state index contributed by atoms with van der Waals surface area (Å²) in [6, 6.07) is 1.94. The normalized spacial score (nSPS) is 10.6. The molecular formula is C8H7BrN4S2. The van der Waals surface area contributed by atoms with Gasteiger partial charge in [0.25, 0.3) is 0 Å². The first kappa shape index (κ1) is 11.0. The number of aryl methyl sites for hydroxylation is 2. The van der Waals surface area contributed by atoms with Gasteiger partial charge in [-0.2, -0.15) is 0 Å². The first-order chi connectivity index (χ1) is 7.13. The molecule has 0 atom stereocenters. The molecule has 0 N–H and O–H groups in total. The third kappa shape index (κ3) is 2.96. The lowest BCUT2D eigenvalue weighted by Crippen LogP contribution is -1.92. The number of halogens is 1. The van der Waals surface area contributed by atoms with Gasteiger partial charge in [-0.05, 0) is 47.6 Å². The molecule has 0 saturated carbocycles. The summed E-state index contributed by atoms with van der Waals surface area (Å²) in [6.07, 6.45) is 0. The molecule has 2 rings (SSSR count). The average Bonchev–Trinajstić information content (AvgIpc) is 2.49. The largest absolute Gasteiger partial charge is 0.228 e. The van der Waals surface area contributed by atoms with E-state index < -0.39 is 0 Å². The minimum absolute atomic E-state index is 0.719. The highest BCUT2D eigenvalue weighted by Crippen LogP contribution is 2.29. The number of hydrogen-bond donors (Lipinski definition) is 0. The van der Waals surface area contributed by atoms with Crippen molar-refractivity contribution in [3.63, 3.8) is 0 Å². The van der Waals surface area contributed by atoms with Crippen LogP contribution in [0.15, 0.2) is 19.5 Å². The molecule has 0 saturated heterocycles. The zero-order valence-corrected chi connectivity index (χ0v) is 11.3. The van der Waals surface area contributed by atoms with Gasteiger partial charge in [0.1, 0.15) is 0 Å². The molecule has 0 radical (unpaired) electrons. The van der Waals surface area contributed by atoms with Crippen LogP contribution in [0.5, 0.6) is 0 Å². The Balaban J connectivity index is 2.24. The van der Waals surface area contributed by atoms with Gasteiger partial charge in [-0.25, -0.2) is 9.97 Å². The fourth-order valence-corrected chi connectivity index (χ4v) is 3.46. The fourth-order valence-electron chi connectivity index (χ4n) is 1.05. The SMILES string of the molecule is Cc1cc(C)nc(Sc2nnc(Br)s2)n1. The van der Waals surface area contributed by atoms with E-state index in [0.29, 0.717) is 0 Å². The Morgan fingerprint density at radius 3 is 2.40 bits per heavy atom. The zero-order chi connectivity index (χ0) is 10.8. The van der Waals surface area contributed by atoms with Crippen LogP contribution in [0, 0.1) is 13.8 Å². The van der Waals surface area contributed by atoms with Gasteiger partial charge >= 0.3 is 0 Å². The highest BCUT2D eigenvalue weighted by atomic mass is 79.9. The highest BCUT2D eigenvalue weighted by Gasteiger charge is 2.07. The van der Waals surface area contributed by atoms with E-state index in [1.165, 1.54) is 23.1 Å². The second-order valence-corrected chi connectivity index (χ2v) is 6.32. The Morgan fingerprint density at radius 2 is 1.87 bits per heavy atom. The van der Waals surface area contributed by atoms with E-state index in [2.05, 4.69) is 36.1 Å². The monoisotopic (exact) mass is 302 g/mol. The molecule has 0 aliphatic rings. The second-order valence-electron chi connectivity index (χ2n) is 2.86. The molecule has 0 fully saturated rings. The second kappa shape index (κ2) is 4.54. The quantitative estimate of drug-likeness (QED) is 0.799. The summed E-state index contributed by atoms with van der Waals surface area (Å²) in [4.78, 5) is 8.63. The summed E-state index contributed by atoms with van der Waals surface area (Å²) in [6.45, 7) is 3.91. The van der Waals surface area contributed by atoms with E-state index in [4.69, 9.17) is 0 Å². The summed E-state index contributed by atoms with van der Waals surface area (Å²) in [5.74, 6) is 0. The van der Waals surface area contributed by atoms with Crippen LogP contribution < -0.4 is 0 Å². The molecule has 4 nitrogen and oxygen atoms in total. The Hall–Kier alpha value is -0.530. The van der Waals surface area contributed by atoms with Crippen molar-refractivity contribution in [2.24, 2.45) is 0 Å². The molecule has 2 aromatic heterocycles. The van der Waals surface area contributed by atoms with E-state index in [1.54, 1.807) is 0 Å². The maximum atomic E-state index is 4.31.